The van der Waals surface area contributed by atoms with E-state index in [1.807, 2.05) is 30.3 Å². The number of carbonyl (C=O) groups excluding carboxylic acids is 4. The number of methoxy groups -OCH3 is 1. The molecule has 1 unspecified atom stereocenters. The monoisotopic (exact) mass is 835 g/mol. The molecule has 7 rings (SSSR count). The van der Waals surface area contributed by atoms with Gasteiger partial charge in [-0.15, -0.1) is 6.58 Å². The van der Waals surface area contributed by atoms with E-state index in [1.165, 1.54) is 11.0 Å². The lowest BCUT2D eigenvalue weighted by Crippen LogP contribution is -2.57. The number of rotatable bonds is 13. The number of fused-ring (bicyclic) bond motifs is 1. The van der Waals surface area contributed by atoms with E-state index in [9.17, 15) is 36.4 Å². The van der Waals surface area contributed by atoms with Gasteiger partial charge in [0, 0.05) is 54.8 Å². The molecule has 13 nitrogen and oxygen atoms in total. The van der Waals surface area contributed by atoms with Crippen LogP contribution in [-0.2, 0) is 29.2 Å². The number of hydrogen-bond acceptors (Lipinski definition) is 9. The van der Waals surface area contributed by atoms with Gasteiger partial charge in [-0.3, -0.25) is 23.9 Å². The summed E-state index contributed by atoms with van der Waals surface area (Å²) in [5.41, 5.74) is -0.458. The normalized spacial score (nSPS) is 24.5. The maximum Gasteiger partial charge on any atom is 0.265 e. The van der Waals surface area contributed by atoms with Crippen molar-refractivity contribution < 1.29 is 45.9 Å². The van der Waals surface area contributed by atoms with Crippen LogP contribution in [0.4, 0.5) is 8.78 Å². The zero-order chi connectivity index (χ0) is 42.5. The summed E-state index contributed by atoms with van der Waals surface area (Å²) in [7, 11) is -2.40. The minimum Gasteiger partial charge on any atom is -0.497 e. The van der Waals surface area contributed by atoms with Gasteiger partial charge in [0.05, 0.1) is 42.6 Å². The maximum absolute atomic E-state index is 14.9. The highest BCUT2D eigenvalue weighted by Crippen LogP contribution is 2.46. The lowest BCUT2D eigenvalue weighted by molar-refractivity contribution is -0.151. The minimum atomic E-state index is -3.95. The first-order valence-corrected chi connectivity index (χ1v) is 21.6. The SMILES string of the molecule is C=C[C@@H]1C[C@]1(NC(=O)[C@@H]1C[C@@H](Oc2cc(-c3ccccc3)nc3cc(OC)ccc23)CN1C(=O)C(CC(=O)N1CCCC(F)(F)C1)C(C)(C)C)C(=O)NS(=O)(=O)C1CC1. The molecule has 3 aromatic rings. The van der Waals surface area contributed by atoms with E-state index >= 15 is 0 Å². The Morgan fingerprint density at radius 2 is 1.81 bits per heavy atom. The van der Waals surface area contributed by atoms with E-state index in [2.05, 4.69) is 16.6 Å². The largest absolute Gasteiger partial charge is 0.497 e. The highest BCUT2D eigenvalue weighted by atomic mass is 32.2. The lowest BCUT2D eigenvalue weighted by Gasteiger charge is -2.37. The molecule has 2 aromatic carbocycles. The third kappa shape index (κ3) is 8.92. The van der Waals surface area contributed by atoms with Crippen LogP contribution in [-0.4, -0.2) is 102 Å². The molecule has 316 valence electrons. The fourth-order valence-corrected chi connectivity index (χ4v) is 9.54. The topological polar surface area (TPSA) is 164 Å². The second-order valence-corrected chi connectivity index (χ2v) is 19.3. The molecule has 16 heteroatoms. The molecule has 4 fully saturated rings. The highest BCUT2D eigenvalue weighted by molar-refractivity contribution is 7.91. The van der Waals surface area contributed by atoms with Gasteiger partial charge in [-0.25, -0.2) is 22.2 Å². The molecule has 5 atom stereocenters. The van der Waals surface area contributed by atoms with E-state index in [0.717, 1.165) is 10.5 Å². The predicted molar refractivity (Wildman–Crippen MR) is 216 cm³/mol. The molecule has 2 aliphatic carbocycles. The molecule has 2 saturated heterocycles. The number of halogens is 2. The minimum absolute atomic E-state index is 0.0296. The second kappa shape index (κ2) is 15.8. The van der Waals surface area contributed by atoms with Crippen molar-refractivity contribution in [2.45, 2.75) is 94.6 Å². The summed E-state index contributed by atoms with van der Waals surface area (Å²) < 4.78 is 68.7. The molecule has 2 N–H and O–H groups in total. The lowest BCUT2D eigenvalue weighted by atomic mass is 9.77. The summed E-state index contributed by atoms with van der Waals surface area (Å²) in [5.74, 6) is -6.36. The van der Waals surface area contributed by atoms with Crippen molar-refractivity contribution in [3.05, 3.63) is 67.3 Å². The number of benzene rings is 2. The number of pyridine rings is 1. The Labute approximate surface area is 342 Å². The fourth-order valence-electron chi connectivity index (χ4n) is 8.18. The molecule has 59 heavy (non-hydrogen) atoms. The van der Waals surface area contributed by atoms with Gasteiger partial charge < -0.3 is 24.6 Å². The van der Waals surface area contributed by atoms with Gasteiger partial charge in [0.15, 0.2) is 0 Å². The van der Waals surface area contributed by atoms with E-state index in [4.69, 9.17) is 14.5 Å². The van der Waals surface area contributed by atoms with Gasteiger partial charge in [-0.2, -0.15) is 0 Å². The van der Waals surface area contributed by atoms with Gasteiger partial charge >= 0.3 is 0 Å². The maximum atomic E-state index is 14.9. The van der Waals surface area contributed by atoms with Crippen LogP contribution in [0.1, 0.15) is 65.7 Å². The molecule has 2 aliphatic heterocycles. The zero-order valence-corrected chi connectivity index (χ0v) is 34.5. The quantitative estimate of drug-likeness (QED) is 0.219. The van der Waals surface area contributed by atoms with Crippen molar-refractivity contribution in [1.82, 2.24) is 24.8 Å². The number of sulfonamides is 1. The zero-order valence-electron chi connectivity index (χ0n) is 33.7. The molecule has 2 saturated carbocycles. The van der Waals surface area contributed by atoms with Crippen LogP contribution in [0, 0.1) is 17.3 Å². The van der Waals surface area contributed by atoms with Gasteiger partial charge in [0.2, 0.25) is 27.7 Å². The van der Waals surface area contributed by atoms with E-state index in [1.54, 1.807) is 52.1 Å². The number of amides is 4. The summed E-state index contributed by atoms with van der Waals surface area (Å²) in [6, 6.07) is 15.4. The van der Waals surface area contributed by atoms with E-state index < -0.39 is 86.3 Å². The van der Waals surface area contributed by atoms with Crippen LogP contribution in [0.25, 0.3) is 22.2 Å². The molecule has 1 aromatic heterocycles. The summed E-state index contributed by atoms with van der Waals surface area (Å²) in [6.45, 7) is 8.41. The smallest absolute Gasteiger partial charge is 0.265 e. The third-order valence-electron chi connectivity index (χ3n) is 11.9. The number of hydrogen-bond donors (Lipinski definition) is 2. The Morgan fingerprint density at radius 3 is 2.44 bits per heavy atom. The molecular weight excluding hydrogens is 785 g/mol. The average Bonchev–Trinajstić information content (AvgIpc) is 4.12. The Kier molecular flexibility index (Phi) is 11.3. The molecule has 0 spiro atoms. The van der Waals surface area contributed by atoms with Gasteiger partial charge in [-0.05, 0) is 43.2 Å². The predicted octanol–water partition coefficient (Wildman–Crippen LogP) is 5.24. The highest BCUT2D eigenvalue weighted by Gasteiger charge is 2.62. The van der Waals surface area contributed by atoms with Crippen molar-refractivity contribution >= 4 is 44.6 Å². The standard InChI is InChI=1S/C43H51F2N5O8S/c1-6-27-23-43(27,40(54)48-59(55,56)30-14-15-30)47-38(52)35-20-29(24-50(35)39(53)32(41(2,3)4)21-37(51)49-18-10-17-42(44,45)25-49)58-36-22-33(26-11-8-7-9-12-26)46-34-19-28(57-5)13-16-31(34)36/h6-9,11-13,16,19,22,27,29-30,32,35H,1,10,14-15,17-18,20-21,23-25H2,2-5H3,(H,47,52)(H,48,54)/t27-,29-,32?,35+,43-/m1/s1. The molecule has 4 aliphatic rings. The van der Waals surface area contributed by atoms with Crippen molar-refractivity contribution in [3.63, 3.8) is 0 Å². The van der Waals surface area contributed by atoms with Crippen LogP contribution in [0.2, 0.25) is 0 Å². The van der Waals surface area contributed by atoms with Crippen LogP contribution in [0.3, 0.4) is 0 Å². The number of aromatic nitrogens is 1. The Bertz CT molecular complexity index is 2260. The number of carbonyl (C=O) groups is 4. The number of piperidine rings is 1. The summed E-state index contributed by atoms with van der Waals surface area (Å²) >= 11 is 0. The Hall–Kier alpha value is -5.12. The molecule has 4 amide bonds. The molecule has 0 radical (unpaired) electrons. The Balaban J connectivity index is 1.21. The Morgan fingerprint density at radius 1 is 1.08 bits per heavy atom. The molecule has 3 heterocycles. The van der Waals surface area contributed by atoms with Crippen molar-refractivity contribution in [2.24, 2.45) is 17.3 Å². The first-order valence-electron chi connectivity index (χ1n) is 20.0. The molecule has 0 bridgehead atoms. The van der Waals surface area contributed by atoms with Crippen LogP contribution in [0.5, 0.6) is 11.5 Å². The number of nitrogens with zero attached hydrogens (tertiary/aromatic N) is 3. The average molecular weight is 836 g/mol. The van der Waals surface area contributed by atoms with Crippen LogP contribution < -0.4 is 19.5 Å². The number of likely N-dealkylation sites (tertiary alicyclic amines) is 2. The first kappa shape index (κ1) is 42.0. The van der Waals surface area contributed by atoms with Gasteiger partial charge in [0.1, 0.15) is 29.2 Å². The van der Waals surface area contributed by atoms with Crippen molar-refractivity contribution in [3.8, 4) is 22.8 Å². The summed E-state index contributed by atoms with van der Waals surface area (Å²) in [5, 5.41) is 2.76. The van der Waals surface area contributed by atoms with Crippen LogP contribution in [0.15, 0.2) is 67.3 Å². The van der Waals surface area contributed by atoms with E-state index in [-0.39, 0.29) is 45.2 Å². The van der Waals surface area contributed by atoms with Crippen LogP contribution >= 0.6 is 0 Å². The van der Waals surface area contributed by atoms with Crippen molar-refractivity contribution in [1.29, 1.82) is 0 Å². The van der Waals surface area contributed by atoms with Crippen molar-refractivity contribution in [2.75, 3.05) is 26.7 Å². The summed E-state index contributed by atoms with van der Waals surface area (Å²) in [4.78, 5) is 63.9. The van der Waals surface area contributed by atoms with E-state index in [0.29, 0.717) is 40.9 Å². The summed E-state index contributed by atoms with van der Waals surface area (Å²) in [6.07, 6.45) is 1.07. The number of nitrogens with one attached hydrogen (secondary N) is 2. The van der Waals surface area contributed by atoms with Gasteiger partial charge in [0.25, 0.3) is 11.8 Å². The first-order chi connectivity index (χ1) is 27.8. The second-order valence-electron chi connectivity index (χ2n) is 17.3. The number of alkyl halides is 2. The third-order valence-corrected chi connectivity index (χ3v) is 13.7. The number of ether oxygens (including phenoxy) is 2. The fraction of sp³-hybridized carbons (Fsp3) is 0.512. The molecular formula is C43H51F2N5O8S. The van der Waals surface area contributed by atoms with Gasteiger partial charge in [-0.1, -0.05) is 57.2 Å².